The van der Waals surface area contributed by atoms with Crippen molar-refractivity contribution in [3.8, 4) is 0 Å². The lowest BCUT2D eigenvalue weighted by Gasteiger charge is -2.34. The lowest BCUT2D eigenvalue weighted by Crippen LogP contribution is -2.35. The van der Waals surface area contributed by atoms with Crippen molar-refractivity contribution < 1.29 is 9.84 Å². The monoisotopic (exact) mass is 429 g/mol. The third-order valence-corrected chi connectivity index (χ3v) is 7.69. The van der Waals surface area contributed by atoms with Crippen LogP contribution in [0.4, 0.5) is 0 Å². The van der Waals surface area contributed by atoms with Gasteiger partial charge in [-0.15, -0.1) is 0 Å². The van der Waals surface area contributed by atoms with Gasteiger partial charge in [-0.1, -0.05) is 73.2 Å². The van der Waals surface area contributed by atoms with Crippen LogP contribution in [0.15, 0.2) is 66.7 Å². The number of rotatable bonds is 5. The maximum Gasteiger partial charge on any atom is 0.0940 e. The summed E-state index contributed by atoms with van der Waals surface area (Å²) in [6.45, 7) is 3.58. The highest BCUT2D eigenvalue weighted by Gasteiger charge is 2.32. The van der Waals surface area contributed by atoms with E-state index in [1.807, 2.05) is 0 Å². The first-order chi connectivity index (χ1) is 15.6. The third kappa shape index (κ3) is 4.47. The van der Waals surface area contributed by atoms with Crippen molar-refractivity contribution in [1.82, 2.24) is 5.32 Å². The molecule has 0 aromatic heterocycles. The third-order valence-electron chi connectivity index (χ3n) is 7.69. The van der Waals surface area contributed by atoms with E-state index in [0.29, 0.717) is 44.1 Å². The van der Waals surface area contributed by atoms with Gasteiger partial charge >= 0.3 is 0 Å². The zero-order valence-corrected chi connectivity index (χ0v) is 19.1. The Balaban J connectivity index is 1.26. The van der Waals surface area contributed by atoms with Gasteiger partial charge in [0.15, 0.2) is 0 Å². The molecule has 1 heterocycles. The minimum Gasteiger partial charge on any atom is -0.385 e. The summed E-state index contributed by atoms with van der Waals surface area (Å²) in [7, 11) is 0. The highest BCUT2D eigenvalue weighted by molar-refractivity contribution is 5.86. The van der Waals surface area contributed by atoms with Crippen molar-refractivity contribution in [2.24, 2.45) is 0 Å². The van der Waals surface area contributed by atoms with Crippen LogP contribution in [0.3, 0.4) is 0 Å². The molecule has 1 aliphatic heterocycles. The van der Waals surface area contributed by atoms with Crippen LogP contribution in [-0.4, -0.2) is 24.4 Å². The van der Waals surface area contributed by atoms with Crippen molar-refractivity contribution >= 4 is 10.8 Å². The van der Waals surface area contributed by atoms with E-state index in [9.17, 15) is 5.11 Å². The van der Waals surface area contributed by atoms with E-state index in [0.717, 1.165) is 5.56 Å². The largest absolute Gasteiger partial charge is 0.385 e. The van der Waals surface area contributed by atoms with Gasteiger partial charge in [-0.25, -0.2) is 0 Å². The molecule has 1 aliphatic carbocycles. The fraction of sp³-hybridized carbons (Fsp3) is 0.448. The normalized spacial score (nSPS) is 24.3. The van der Waals surface area contributed by atoms with Crippen LogP contribution in [0.2, 0.25) is 0 Å². The highest BCUT2D eigenvalue weighted by atomic mass is 16.5. The Morgan fingerprint density at radius 1 is 0.938 bits per heavy atom. The Kier molecular flexibility index (Phi) is 6.32. The number of aliphatic hydroxyl groups is 1. The van der Waals surface area contributed by atoms with E-state index in [4.69, 9.17) is 4.74 Å². The fourth-order valence-corrected chi connectivity index (χ4v) is 5.78. The van der Waals surface area contributed by atoms with Gasteiger partial charge in [-0.3, -0.25) is 0 Å². The second kappa shape index (κ2) is 9.35. The van der Waals surface area contributed by atoms with Crippen molar-refractivity contribution in [3.63, 3.8) is 0 Å². The number of benzene rings is 3. The first kappa shape index (κ1) is 21.6. The number of nitrogens with one attached hydrogen (secondary N) is 1. The zero-order chi connectivity index (χ0) is 22.0. The predicted octanol–water partition coefficient (Wildman–Crippen LogP) is 6.21. The molecule has 1 saturated heterocycles. The van der Waals surface area contributed by atoms with Crippen LogP contribution in [0.1, 0.15) is 74.1 Å². The molecule has 0 spiro atoms. The maximum absolute atomic E-state index is 11.0. The SMILES string of the molecule is C[C@@H](N[C@H]1CCC[C@H](c2ccc(C3(O)CCOCC3)cc2)C1)c1cccc2ccccc12. The Labute approximate surface area is 191 Å². The standard InChI is InChI=1S/C29H35NO2/c1-21(27-11-5-7-23-6-2-3-10-28(23)27)30-26-9-4-8-24(20-26)22-12-14-25(15-13-22)29(31)16-18-32-19-17-29/h2-3,5-7,10-15,21,24,26,30-31H,4,8-9,16-20H2,1H3/t21-,24+,26+/m1/s1. The molecule has 3 heteroatoms. The van der Waals surface area contributed by atoms with Gasteiger partial charge in [-0.2, -0.15) is 0 Å². The maximum atomic E-state index is 11.0. The lowest BCUT2D eigenvalue weighted by molar-refractivity contribution is -0.0679. The molecule has 2 fully saturated rings. The molecule has 2 N–H and O–H groups in total. The molecular weight excluding hydrogens is 394 g/mol. The molecule has 3 aromatic carbocycles. The van der Waals surface area contributed by atoms with E-state index < -0.39 is 5.60 Å². The summed E-state index contributed by atoms with van der Waals surface area (Å²) < 4.78 is 5.44. The van der Waals surface area contributed by atoms with Crippen LogP contribution in [-0.2, 0) is 10.3 Å². The highest BCUT2D eigenvalue weighted by Crippen LogP contribution is 2.37. The average Bonchev–Trinajstić information content (AvgIpc) is 2.84. The number of ether oxygens (including phenoxy) is 1. The molecule has 32 heavy (non-hydrogen) atoms. The summed E-state index contributed by atoms with van der Waals surface area (Å²) in [6.07, 6.45) is 6.30. The Bertz CT molecular complexity index is 1030. The second-order valence-electron chi connectivity index (χ2n) is 9.78. The van der Waals surface area contributed by atoms with E-state index in [2.05, 4.69) is 79.0 Å². The molecular formula is C29H35NO2. The van der Waals surface area contributed by atoms with E-state index in [-0.39, 0.29) is 0 Å². The summed E-state index contributed by atoms with van der Waals surface area (Å²) >= 11 is 0. The van der Waals surface area contributed by atoms with Gasteiger partial charge in [0.2, 0.25) is 0 Å². The molecule has 5 rings (SSSR count). The lowest BCUT2D eigenvalue weighted by atomic mass is 9.79. The fourth-order valence-electron chi connectivity index (χ4n) is 5.78. The number of fused-ring (bicyclic) bond motifs is 1. The molecule has 0 bridgehead atoms. The number of hydrogen-bond donors (Lipinski definition) is 2. The van der Waals surface area contributed by atoms with Gasteiger partial charge < -0.3 is 15.2 Å². The van der Waals surface area contributed by atoms with Crippen molar-refractivity contribution in [2.45, 2.75) is 69.1 Å². The molecule has 0 amide bonds. The molecule has 3 nitrogen and oxygen atoms in total. The topological polar surface area (TPSA) is 41.5 Å². The minimum absolute atomic E-state index is 0.329. The summed E-state index contributed by atoms with van der Waals surface area (Å²) in [5.74, 6) is 0.583. The summed E-state index contributed by atoms with van der Waals surface area (Å²) in [5, 5.41) is 17.6. The van der Waals surface area contributed by atoms with Crippen LogP contribution in [0, 0.1) is 0 Å². The van der Waals surface area contributed by atoms with Gasteiger partial charge in [0.1, 0.15) is 0 Å². The smallest absolute Gasteiger partial charge is 0.0940 e. The molecule has 3 aromatic rings. The summed E-state index contributed by atoms with van der Waals surface area (Å²) in [4.78, 5) is 0. The van der Waals surface area contributed by atoms with Gasteiger partial charge in [0.05, 0.1) is 5.60 Å². The molecule has 2 aliphatic rings. The van der Waals surface area contributed by atoms with Gasteiger partial charge in [-0.05, 0) is 59.6 Å². The van der Waals surface area contributed by atoms with Crippen molar-refractivity contribution in [3.05, 3.63) is 83.4 Å². The molecule has 168 valence electrons. The number of hydrogen-bond acceptors (Lipinski definition) is 3. The second-order valence-corrected chi connectivity index (χ2v) is 9.78. The molecule has 0 radical (unpaired) electrons. The summed E-state index contributed by atoms with van der Waals surface area (Å²) in [6, 6.07) is 25.0. The minimum atomic E-state index is -0.721. The Hall–Kier alpha value is -2.20. The van der Waals surface area contributed by atoms with Crippen LogP contribution < -0.4 is 5.32 Å². The molecule has 1 saturated carbocycles. The van der Waals surface area contributed by atoms with Crippen LogP contribution in [0.25, 0.3) is 10.8 Å². The Morgan fingerprint density at radius 3 is 2.50 bits per heavy atom. The van der Waals surface area contributed by atoms with E-state index in [1.165, 1.54) is 47.6 Å². The van der Waals surface area contributed by atoms with E-state index in [1.54, 1.807) is 0 Å². The van der Waals surface area contributed by atoms with Gasteiger partial charge in [0.25, 0.3) is 0 Å². The molecule has 0 unspecified atom stereocenters. The van der Waals surface area contributed by atoms with Gasteiger partial charge in [0, 0.05) is 38.1 Å². The molecule has 3 atom stereocenters. The van der Waals surface area contributed by atoms with Crippen LogP contribution >= 0.6 is 0 Å². The van der Waals surface area contributed by atoms with Crippen molar-refractivity contribution in [1.29, 1.82) is 0 Å². The zero-order valence-electron chi connectivity index (χ0n) is 19.1. The quantitative estimate of drug-likeness (QED) is 0.506. The predicted molar refractivity (Wildman–Crippen MR) is 131 cm³/mol. The van der Waals surface area contributed by atoms with E-state index >= 15 is 0 Å². The van der Waals surface area contributed by atoms with Crippen LogP contribution in [0.5, 0.6) is 0 Å². The summed E-state index contributed by atoms with van der Waals surface area (Å²) in [5.41, 5.74) is 3.12. The first-order valence-corrected chi connectivity index (χ1v) is 12.3. The first-order valence-electron chi connectivity index (χ1n) is 12.3. The Morgan fingerprint density at radius 2 is 1.69 bits per heavy atom. The average molecular weight is 430 g/mol. The van der Waals surface area contributed by atoms with Crippen molar-refractivity contribution in [2.75, 3.05) is 13.2 Å².